The molecule has 0 aliphatic heterocycles. The number of esters is 2. The molecule has 0 amide bonds. The standard InChI is InChI=1S/C28H44O4/c1-6-8-9-10-11-12-13-14-18-22-28(21-7-2,26(30)32-27(3,4)5)25(29)31-23-24-19-16-15-17-20-24/h7,15-17,19-20H,2,6,8-14,18,21-23H2,1,3-5H3. The molecule has 180 valence electrons. The summed E-state index contributed by atoms with van der Waals surface area (Å²) in [5.74, 6) is -1.03. The summed E-state index contributed by atoms with van der Waals surface area (Å²) in [6.07, 6.45) is 12.8. The number of carbonyl (C=O) groups excluding carboxylic acids is 2. The van der Waals surface area contributed by atoms with Crippen LogP contribution in [-0.4, -0.2) is 17.5 Å². The van der Waals surface area contributed by atoms with Crippen molar-refractivity contribution in [1.29, 1.82) is 0 Å². The number of rotatable bonds is 16. The highest BCUT2D eigenvalue weighted by molar-refractivity contribution is 6.00. The Morgan fingerprint density at radius 3 is 1.97 bits per heavy atom. The minimum Gasteiger partial charge on any atom is -0.460 e. The highest BCUT2D eigenvalue weighted by Gasteiger charge is 2.48. The normalized spacial score (nSPS) is 13.2. The highest BCUT2D eigenvalue weighted by Crippen LogP contribution is 2.35. The molecular formula is C28H44O4. The molecule has 0 saturated carbocycles. The molecule has 1 aromatic rings. The van der Waals surface area contributed by atoms with E-state index in [1.54, 1.807) is 6.08 Å². The van der Waals surface area contributed by atoms with Gasteiger partial charge in [-0.3, -0.25) is 9.59 Å². The van der Waals surface area contributed by atoms with Crippen LogP contribution in [0.15, 0.2) is 43.0 Å². The van der Waals surface area contributed by atoms with Crippen LogP contribution < -0.4 is 0 Å². The van der Waals surface area contributed by atoms with Crippen molar-refractivity contribution in [3.8, 4) is 0 Å². The molecule has 0 bridgehead atoms. The van der Waals surface area contributed by atoms with E-state index in [2.05, 4.69) is 13.5 Å². The van der Waals surface area contributed by atoms with Gasteiger partial charge in [-0.05, 0) is 39.2 Å². The molecule has 1 rings (SSSR count). The summed E-state index contributed by atoms with van der Waals surface area (Å²) in [5.41, 5.74) is -1.13. The Bertz CT molecular complexity index is 674. The van der Waals surface area contributed by atoms with Crippen molar-refractivity contribution in [2.45, 2.75) is 111 Å². The van der Waals surface area contributed by atoms with Crippen LogP contribution in [0.2, 0.25) is 0 Å². The zero-order valence-corrected chi connectivity index (χ0v) is 20.8. The maximum atomic E-state index is 13.3. The third kappa shape index (κ3) is 10.5. The summed E-state index contributed by atoms with van der Waals surface area (Å²) in [6, 6.07) is 9.51. The minimum absolute atomic E-state index is 0.138. The number of hydrogen-bond donors (Lipinski definition) is 0. The lowest BCUT2D eigenvalue weighted by atomic mass is 9.79. The molecule has 0 aliphatic rings. The van der Waals surface area contributed by atoms with Gasteiger partial charge < -0.3 is 9.47 Å². The second-order valence-corrected chi connectivity index (χ2v) is 9.72. The van der Waals surface area contributed by atoms with Gasteiger partial charge in [0.05, 0.1) is 0 Å². The van der Waals surface area contributed by atoms with Crippen LogP contribution in [0.1, 0.15) is 104 Å². The lowest BCUT2D eigenvalue weighted by molar-refractivity contribution is -0.181. The molecule has 4 heteroatoms. The van der Waals surface area contributed by atoms with E-state index in [1.807, 2.05) is 51.1 Å². The molecule has 0 saturated heterocycles. The Morgan fingerprint density at radius 2 is 1.44 bits per heavy atom. The predicted octanol–water partition coefficient (Wildman–Crippen LogP) is 7.55. The Morgan fingerprint density at radius 1 is 0.875 bits per heavy atom. The number of unbranched alkanes of at least 4 members (excludes halogenated alkanes) is 8. The van der Waals surface area contributed by atoms with Crippen LogP contribution >= 0.6 is 0 Å². The van der Waals surface area contributed by atoms with Crippen LogP contribution in [0.25, 0.3) is 0 Å². The van der Waals surface area contributed by atoms with Crippen LogP contribution in [0.5, 0.6) is 0 Å². The maximum Gasteiger partial charge on any atom is 0.324 e. The van der Waals surface area contributed by atoms with E-state index < -0.39 is 23.0 Å². The van der Waals surface area contributed by atoms with E-state index in [0.29, 0.717) is 6.42 Å². The van der Waals surface area contributed by atoms with E-state index >= 15 is 0 Å². The zero-order valence-electron chi connectivity index (χ0n) is 20.8. The summed E-state index contributed by atoms with van der Waals surface area (Å²) in [5, 5.41) is 0. The molecule has 1 unspecified atom stereocenters. The number of allylic oxidation sites excluding steroid dienone is 1. The molecule has 0 fully saturated rings. The molecule has 1 aromatic carbocycles. The van der Waals surface area contributed by atoms with Crippen molar-refractivity contribution in [3.05, 3.63) is 48.6 Å². The van der Waals surface area contributed by atoms with Gasteiger partial charge in [-0.2, -0.15) is 0 Å². The van der Waals surface area contributed by atoms with Crippen LogP contribution in [0.3, 0.4) is 0 Å². The number of carbonyl (C=O) groups is 2. The lowest BCUT2D eigenvalue weighted by Gasteiger charge is -2.32. The average molecular weight is 445 g/mol. The first-order chi connectivity index (χ1) is 15.2. The highest BCUT2D eigenvalue weighted by atomic mass is 16.6. The van der Waals surface area contributed by atoms with E-state index in [-0.39, 0.29) is 13.0 Å². The molecule has 0 N–H and O–H groups in total. The molecule has 4 nitrogen and oxygen atoms in total. The van der Waals surface area contributed by atoms with Crippen LogP contribution in [0, 0.1) is 5.41 Å². The summed E-state index contributed by atoms with van der Waals surface area (Å²) < 4.78 is 11.3. The van der Waals surface area contributed by atoms with Crippen LogP contribution in [-0.2, 0) is 25.7 Å². The summed E-state index contributed by atoms with van der Waals surface area (Å²) >= 11 is 0. The monoisotopic (exact) mass is 444 g/mol. The Balaban J connectivity index is 2.77. The Kier molecular flexibility index (Phi) is 13.0. The van der Waals surface area contributed by atoms with Gasteiger partial charge in [-0.25, -0.2) is 0 Å². The predicted molar refractivity (Wildman–Crippen MR) is 131 cm³/mol. The third-order valence-electron chi connectivity index (χ3n) is 5.59. The van der Waals surface area contributed by atoms with Crippen molar-refractivity contribution < 1.29 is 19.1 Å². The largest absolute Gasteiger partial charge is 0.460 e. The van der Waals surface area contributed by atoms with Gasteiger partial charge in [-0.15, -0.1) is 6.58 Å². The van der Waals surface area contributed by atoms with Gasteiger partial charge in [0.25, 0.3) is 0 Å². The fourth-order valence-electron chi connectivity index (χ4n) is 3.78. The average Bonchev–Trinajstić information content (AvgIpc) is 2.75. The molecule has 32 heavy (non-hydrogen) atoms. The van der Waals surface area contributed by atoms with Crippen molar-refractivity contribution in [2.75, 3.05) is 0 Å². The zero-order chi connectivity index (χ0) is 23.9. The smallest absolute Gasteiger partial charge is 0.324 e. The second-order valence-electron chi connectivity index (χ2n) is 9.72. The summed E-state index contributed by atoms with van der Waals surface area (Å²) in [6.45, 7) is 11.6. The van der Waals surface area contributed by atoms with E-state index in [0.717, 1.165) is 24.8 Å². The lowest BCUT2D eigenvalue weighted by Crippen LogP contribution is -2.44. The number of ether oxygens (including phenoxy) is 2. The first kappa shape index (κ1) is 27.9. The van der Waals surface area contributed by atoms with E-state index in [1.165, 1.54) is 38.5 Å². The van der Waals surface area contributed by atoms with Gasteiger partial charge in [0.1, 0.15) is 12.2 Å². The third-order valence-corrected chi connectivity index (χ3v) is 5.59. The molecule has 0 aromatic heterocycles. The van der Waals surface area contributed by atoms with Gasteiger partial charge in [0.15, 0.2) is 5.41 Å². The Hall–Kier alpha value is -2.10. The van der Waals surface area contributed by atoms with Crippen molar-refractivity contribution in [3.63, 3.8) is 0 Å². The topological polar surface area (TPSA) is 52.6 Å². The van der Waals surface area contributed by atoms with E-state index in [9.17, 15) is 9.59 Å². The molecule has 0 aliphatic carbocycles. The minimum atomic E-state index is -1.34. The van der Waals surface area contributed by atoms with E-state index in [4.69, 9.17) is 9.47 Å². The molecule has 0 radical (unpaired) electrons. The first-order valence-corrected chi connectivity index (χ1v) is 12.3. The first-order valence-electron chi connectivity index (χ1n) is 12.3. The Labute approximate surface area is 195 Å². The fraction of sp³-hybridized carbons (Fsp3) is 0.643. The molecular weight excluding hydrogens is 400 g/mol. The van der Waals surface area contributed by atoms with Crippen molar-refractivity contribution in [1.82, 2.24) is 0 Å². The summed E-state index contributed by atoms with van der Waals surface area (Å²) in [7, 11) is 0. The van der Waals surface area contributed by atoms with Gasteiger partial charge in [0.2, 0.25) is 0 Å². The van der Waals surface area contributed by atoms with Gasteiger partial charge in [0, 0.05) is 0 Å². The van der Waals surface area contributed by atoms with Gasteiger partial charge >= 0.3 is 11.9 Å². The van der Waals surface area contributed by atoms with Crippen molar-refractivity contribution in [2.24, 2.45) is 5.41 Å². The van der Waals surface area contributed by atoms with Crippen LogP contribution in [0.4, 0.5) is 0 Å². The molecule has 0 spiro atoms. The number of benzene rings is 1. The SMILES string of the molecule is C=CCC(CCCCCCCCCCC)(C(=O)OCc1ccccc1)C(=O)OC(C)(C)C. The van der Waals surface area contributed by atoms with Crippen molar-refractivity contribution >= 4 is 11.9 Å². The summed E-state index contributed by atoms with van der Waals surface area (Å²) in [4.78, 5) is 26.5. The quantitative estimate of drug-likeness (QED) is 0.114. The molecule has 0 heterocycles. The number of hydrogen-bond acceptors (Lipinski definition) is 4. The van der Waals surface area contributed by atoms with Gasteiger partial charge in [-0.1, -0.05) is 101 Å². The molecule has 1 atom stereocenters. The fourth-order valence-corrected chi connectivity index (χ4v) is 3.78. The second kappa shape index (κ2) is 14.9. The maximum absolute atomic E-state index is 13.3.